The molecule has 31 heavy (non-hydrogen) atoms. The van der Waals surface area contributed by atoms with Crippen molar-refractivity contribution >= 4 is 32.5 Å². The summed E-state index contributed by atoms with van der Waals surface area (Å²) in [6.07, 6.45) is 3.05. The second-order valence-electron chi connectivity index (χ2n) is 7.18. The summed E-state index contributed by atoms with van der Waals surface area (Å²) < 4.78 is 36.5. The minimum absolute atomic E-state index is 0.0255. The Morgan fingerprint density at radius 1 is 1.26 bits per heavy atom. The highest BCUT2D eigenvalue weighted by molar-refractivity contribution is 7.91. The molecule has 1 atom stereocenters. The Morgan fingerprint density at radius 3 is 2.71 bits per heavy atom. The van der Waals surface area contributed by atoms with E-state index in [2.05, 4.69) is 15.4 Å². The van der Waals surface area contributed by atoms with E-state index in [-0.39, 0.29) is 29.5 Å². The molecule has 11 nitrogen and oxygen atoms in total. The van der Waals surface area contributed by atoms with Crippen molar-refractivity contribution in [3.63, 3.8) is 0 Å². The Morgan fingerprint density at radius 2 is 2.03 bits per heavy atom. The van der Waals surface area contributed by atoms with Gasteiger partial charge in [0.1, 0.15) is 18.3 Å². The number of ether oxygens (including phenoxy) is 2. The fourth-order valence-electron chi connectivity index (χ4n) is 3.58. The first-order valence-electron chi connectivity index (χ1n) is 9.46. The minimum Gasteiger partial charge on any atom is -0.493 e. The molecule has 0 radical (unpaired) electrons. The van der Waals surface area contributed by atoms with Crippen LogP contribution in [0.3, 0.4) is 0 Å². The molecule has 12 heteroatoms. The molecular formula is C19H21N5O6S. The zero-order valence-electron chi connectivity index (χ0n) is 16.9. The van der Waals surface area contributed by atoms with E-state index in [1.165, 1.54) is 36.0 Å². The summed E-state index contributed by atoms with van der Waals surface area (Å²) in [7, 11) is -0.101. The number of rotatable bonds is 6. The number of carbonyl (C=O) groups is 1. The molecule has 1 aliphatic rings. The SMILES string of the molecule is COc1ccc(NC(=O)Cn2cnc3c(cnn3C3CCS(=O)(=O)C3)c2=O)cc1OC. The molecule has 1 aliphatic heterocycles. The van der Waals surface area contributed by atoms with Gasteiger partial charge in [0, 0.05) is 11.8 Å². The smallest absolute Gasteiger partial charge is 0.264 e. The van der Waals surface area contributed by atoms with Crippen LogP contribution >= 0.6 is 0 Å². The summed E-state index contributed by atoms with van der Waals surface area (Å²) in [5, 5.41) is 7.11. The maximum atomic E-state index is 12.8. The normalized spacial score (nSPS) is 17.5. The van der Waals surface area contributed by atoms with Crippen LogP contribution in [0.2, 0.25) is 0 Å². The fraction of sp³-hybridized carbons (Fsp3) is 0.368. The van der Waals surface area contributed by atoms with Crippen LogP contribution in [0.5, 0.6) is 11.5 Å². The van der Waals surface area contributed by atoms with Crippen molar-refractivity contribution in [2.24, 2.45) is 0 Å². The van der Waals surface area contributed by atoms with E-state index < -0.39 is 21.3 Å². The van der Waals surface area contributed by atoms with Gasteiger partial charge in [-0.25, -0.2) is 18.1 Å². The second kappa shape index (κ2) is 8.02. The number of hydrogen-bond donors (Lipinski definition) is 1. The minimum atomic E-state index is -3.11. The first-order valence-corrected chi connectivity index (χ1v) is 11.3. The number of carbonyl (C=O) groups excluding carboxylic acids is 1. The average molecular weight is 447 g/mol. The summed E-state index contributed by atoms with van der Waals surface area (Å²) in [5.41, 5.74) is 0.364. The van der Waals surface area contributed by atoms with Gasteiger partial charge in [-0.2, -0.15) is 5.10 Å². The predicted octanol–water partition coefficient (Wildman–Crippen LogP) is 0.608. The lowest BCUT2D eigenvalue weighted by molar-refractivity contribution is -0.116. The molecule has 1 unspecified atom stereocenters. The van der Waals surface area contributed by atoms with Crippen molar-refractivity contribution in [2.75, 3.05) is 31.0 Å². The summed E-state index contributed by atoms with van der Waals surface area (Å²) in [5.74, 6) is 0.624. The number of benzene rings is 1. The van der Waals surface area contributed by atoms with Crippen molar-refractivity contribution in [2.45, 2.75) is 19.0 Å². The van der Waals surface area contributed by atoms with Crippen LogP contribution in [0, 0.1) is 0 Å². The highest BCUT2D eigenvalue weighted by Gasteiger charge is 2.31. The van der Waals surface area contributed by atoms with Gasteiger partial charge in [0.05, 0.1) is 38.0 Å². The topological polar surface area (TPSA) is 134 Å². The molecule has 0 spiro atoms. The zero-order valence-corrected chi connectivity index (χ0v) is 17.8. The van der Waals surface area contributed by atoms with Crippen LogP contribution in [0.4, 0.5) is 5.69 Å². The van der Waals surface area contributed by atoms with Crippen molar-refractivity contribution in [1.29, 1.82) is 0 Å². The number of methoxy groups -OCH3 is 2. The number of fused-ring (bicyclic) bond motifs is 1. The maximum Gasteiger partial charge on any atom is 0.264 e. The van der Waals surface area contributed by atoms with E-state index in [9.17, 15) is 18.0 Å². The molecule has 2 aromatic heterocycles. The van der Waals surface area contributed by atoms with Gasteiger partial charge in [-0.05, 0) is 18.6 Å². The lowest BCUT2D eigenvalue weighted by Crippen LogP contribution is -2.28. The van der Waals surface area contributed by atoms with E-state index in [4.69, 9.17) is 9.47 Å². The molecule has 1 fully saturated rings. The quantitative estimate of drug-likeness (QED) is 0.581. The van der Waals surface area contributed by atoms with Gasteiger partial charge in [-0.1, -0.05) is 0 Å². The van der Waals surface area contributed by atoms with Gasteiger partial charge in [-0.3, -0.25) is 14.2 Å². The average Bonchev–Trinajstić information content (AvgIpc) is 3.33. The number of sulfone groups is 1. The number of anilines is 1. The highest BCUT2D eigenvalue weighted by atomic mass is 32.2. The second-order valence-corrected chi connectivity index (χ2v) is 9.41. The van der Waals surface area contributed by atoms with Gasteiger partial charge in [0.15, 0.2) is 27.0 Å². The van der Waals surface area contributed by atoms with Crippen molar-refractivity contribution in [3.8, 4) is 11.5 Å². The summed E-state index contributed by atoms with van der Waals surface area (Å²) in [4.78, 5) is 29.5. The van der Waals surface area contributed by atoms with Gasteiger partial charge < -0.3 is 14.8 Å². The molecule has 4 rings (SSSR count). The largest absolute Gasteiger partial charge is 0.493 e. The molecule has 1 amide bonds. The Balaban J connectivity index is 1.53. The number of hydrogen-bond acceptors (Lipinski definition) is 8. The molecule has 164 valence electrons. The predicted molar refractivity (Wildman–Crippen MR) is 112 cm³/mol. The van der Waals surface area contributed by atoms with Gasteiger partial charge in [0.2, 0.25) is 5.91 Å². The van der Waals surface area contributed by atoms with E-state index in [0.717, 1.165) is 0 Å². The molecule has 3 aromatic rings. The first kappa shape index (κ1) is 20.8. The molecule has 1 saturated heterocycles. The van der Waals surface area contributed by atoms with E-state index in [1.807, 2.05) is 0 Å². The van der Waals surface area contributed by atoms with Gasteiger partial charge in [-0.15, -0.1) is 0 Å². The van der Waals surface area contributed by atoms with Gasteiger partial charge >= 0.3 is 0 Å². The lowest BCUT2D eigenvalue weighted by Gasteiger charge is -2.12. The number of amides is 1. The lowest BCUT2D eigenvalue weighted by atomic mass is 10.2. The fourth-order valence-corrected chi connectivity index (χ4v) is 5.28. The molecular weight excluding hydrogens is 426 g/mol. The standard InChI is InChI=1S/C19H21N5O6S/c1-29-15-4-3-12(7-16(15)30-2)22-17(25)9-23-11-20-18-14(19(23)26)8-21-24(18)13-5-6-31(27,28)10-13/h3-4,7-8,11,13H,5-6,9-10H2,1-2H3,(H,22,25). The van der Waals surface area contributed by atoms with Crippen molar-refractivity contribution in [1.82, 2.24) is 19.3 Å². The third-order valence-electron chi connectivity index (χ3n) is 5.12. The highest BCUT2D eigenvalue weighted by Crippen LogP contribution is 2.29. The van der Waals surface area contributed by atoms with Crippen LogP contribution in [0.1, 0.15) is 12.5 Å². The van der Waals surface area contributed by atoms with E-state index in [1.54, 1.807) is 18.2 Å². The molecule has 3 heterocycles. The van der Waals surface area contributed by atoms with Crippen molar-refractivity contribution < 1.29 is 22.7 Å². The Kier molecular flexibility index (Phi) is 5.39. The first-order chi connectivity index (χ1) is 14.8. The van der Waals surface area contributed by atoms with Crippen LogP contribution < -0.4 is 20.3 Å². The third-order valence-corrected chi connectivity index (χ3v) is 6.87. The molecule has 0 saturated carbocycles. The zero-order chi connectivity index (χ0) is 22.2. The number of nitrogens with one attached hydrogen (secondary N) is 1. The van der Waals surface area contributed by atoms with Crippen molar-refractivity contribution in [3.05, 3.63) is 41.1 Å². The number of nitrogens with zero attached hydrogens (tertiary/aromatic N) is 4. The molecule has 0 aliphatic carbocycles. The Labute approximate surface area is 177 Å². The van der Waals surface area contributed by atoms with Crippen LogP contribution in [-0.4, -0.2) is 59.4 Å². The maximum absolute atomic E-state index is 12.8. The molecule has 0 bridgehead atoms. The summed E-state index contributed by atoms with van der Waals surface area (Å²) in [6.45, 7) is -0.251. The molecule has 1 N–H and O–H groups in total. The molecule has 1 aromatic carbocycles. The Hall–Kier alpha value is -3.41. The van der Waals surface area contributed by atoms with E-state index >= 15 is 0 Å². The monoisotopic (exact) mass is 447 g/mol. The number of aromatic nitrogens is 4. The summed E-state index contributed by atoms with van der Waals surface area (Å²) >= 11 is 0. The van der Waals surface area contributed by atoms with Crippen LogP contribution in [-0.2, 0) is 21.2 Å². The Bertz CT molecular complexity index is 1310. The van der Waals surface area contributed by atoms with Crippen LogP contribution in [0.25, 0.3) is 11.0 Å². The van der Waals surface area contributed by atoms with Crippen LogP contribution in [0.15, 0.2) is 35.5 Å². The third kappa shape index (κ3) is 4.10. The van der Waals surface area contributed by atoms with E-state index in [0.29, 0.717) is 29.3 Å². The summed E-state index contributed by atoms with van der Waals surface area (Å²) in [6, 6.07) is 4.58. The van der Waals surface area contributed by atoms with Gasteiger partial charge in [0.25, 0.3) is 5.56 Å².